The van der Waals surface area contributed by atoms with Gasteiger partial charge in [-0.2, -0.15) is 0 Å². The summed E-state index contributed by atoms with van der Waals surface area (Å²) in [5.74, 6) is 0.991. The molecule has 0 aromatic carbocycles. The van der Waals surface area contributed by atoms with Crippen molar-refractivity contribution in [3.05, 3.63) is 11.8 Å². The number of carbonyl (C=O) groups excluding carboxylic acids is 1. The zero-order chi connectivity index (χ0) is 13.8. The van der Waals surface area contributed by atoms with Crippen LogP contribution in [0.25, 0.3) is 0 Å². The van der Waals surface area contributed by atoms with E-state index in [1.165, 1.54) is 0 Å². The van der Waals surface area contributed by atoms with Crippen LogP contribution in [0, 0.1) is 11.8 Å². The third-order valence-corrected chi connectivity index (χ3v) is 4.36. The van der Waals surface area contributed by atoms with Crippen molar-refractivity contribution in [3.63, 3.8) is 0 Å². The van der Waals surface area contributed by atoms with Gasteiger partial charge in [0.1, 0.15) is 6.10 Å². The van der Waals surface area contributed by atoms with Crippen molar-refractivity contribution in [1.29, 1.82) is 0 Å². The van der Waals surface area contributed by atoms with E-state index in [1.54, 1.807) is 0 Å². The molecule has 1 amide bonds. The van der Waals surface area contributed by atoms with Crippen molar-refractivity contribution in [2.75, 3.05) is 6.61 Å². The molecule has 5 nitrogen and oxygen atoms in total. The fourth-order valence-corrected chi connectivity index (χ4v) is 3.32. The summed E-state index contributed by atoms with van der Waals surface area (Å²) >= 11 is 0. The predicted octanol–water partition coefficient (Wildman–Crippen LogP) is 1.91. The van der Waals surface area contributed by atoms with E-state index in [4.69, 9.17) is 20.9 Å². The molecule has 19 heavy (non-hydrogen) atoms. The number of hydrogen-bond donors (Lipinski definition) is 2. The molecule has 4 N–H and O–H groups in total. The van der Waals surface area contributed by atoms with E-state index in [-0.39, 0.29) is 12.2 Å². The van der Waals surface area contributed by atoms with E-state index >= 15 is 0 Å². The average Bonchev–Trinajstić information content (AvgIpc) is 2.79. The number of hydrogen-bond acceptors (Lipinski definition) is 4. The highest BCUT2D eigenvalue weighted by molar-refractivity contribution is 5.64. The van der Waals surface area contributed by atoms with Crippen molar-refractivity contribution in [2.24, 2.45) is 23.3 Å². The van der Waals surface area contributed by atoms with Gasteiger partial charge in [-0.3, -0.25) is 0 Å². The van der Waals surface area contributed by atoms with Crippen molar-refractivity contribution in [3.8, 4) is 0 Å². The molecule has 0 aromatic rings. The molecule has 0 spiro atoms. The maximum atomic E-state index is 10.9. The predicted molar refractivity (Wildman–Crippen MR) is 72.2 cm³/mol. The second-order valence-corrected chi connectivity index (χ2v) is 5.53. The molecule has 2 fully saturated rings. The first-order valence-corrected chi connectivity index (χ1v) is 7.10. The topological polar surface area (TPSA) is 87.6 Å². The van der Waals surface area contributed by atoms with Crippen LogP contribution in [0.3, 0.4) is 0 Å². The van der Waals surface area contributed by atoms with Gasteiger partial charge in [0.25, 0.3) is 0 Å². The molecule has 1 aliphatic carbocycles. The number of nitrogens with two attached hydrogens (primary N) is 2. The van der Waals surface area contributed by atoms with Crippen LogP contribution in [0.5, 0.6) is 0 Å². The molecule has 5 heteroatoms. The lowest BCUT2D eigenvalue weighted by Crippen LogP contribution is -2.41. The van der Waals surface area contributed by atoms with Crippen molar-refractivity contribution in [1.82, 2.24) is 0 Å². The molecule has 2 aliphatic rings. The molecule has 0 aromatic heterocycles. The van der Waals surface area contributed by atoms with Crippen molar-refractivity contribution < 1.29 is 14.3 Å². The second kappa shape index (κ2) is 6.28. The quantitative estimate of drug-likeness (QED) is 0.815. The first-order valence-electron chi connectivity index (χ1n) is 7.10. The highest BCUT2D eigenvalue weighted by Crippen LogP contribution is 2.41. The SMILES string of the molecule is CC=C(N)CC[C@@H]1CO[C@H]2[C@@H]1CCC[C@H]2OC(N)=O. The lowest BCUT2D eigenvalue weighted by molar-refractivity contribution is -0.0459. The highest BCUT2D eigenvalue weighted by Gasteiger charge is 2.44. The Kier molecular flexibility index (Phi) is 4.69. The number of primary amides is 1. The summed E-state index contributed by atoms with van der Waals surface area (Å²) in [5, 5.41) is 0. The zero-order valence-electron chi connectivity index (χ0n) is 11.5. The van der Waals surface area contributed by atoms with Gasteiger partial charge in [-0.15, -0.1) is 0 Å². The molecule has 1 saturated carbocycles. The van der Waals surface area contributed by atoms with Gasteiger partial charge >= 0.3 is 6.09 Å². The van der Waals surface area contributed by atoms with E-state index in [1.807, 2.05) is 13.0 Å². The Bertz CT molecular complexity index is 357. The van der Waals surface area contributed by atoms with E-state index in [0.717, 1.165) is 44.4 Å². The smallest absolute Gasteiger partial charge is 0.404 e. The Balaban J connectivity index is 1.91. The minimum Gasteiger partial charge on any atom is -0.444 e. The van der Waals surface area contributed by atoms with Gasteiger partial charge in [0, 0.05) is 5.70 Å². The average molecular weight is 268 g/mol. The maximum Gasteiger partial charge on any atom is 0.404 e. The largest absolute Gasteiger partial charge is 0.444 e. The summed E-state index contributed by atoms with van der Waals surface area (Å²) in [6, 6.07) is 0. The first kappa shape index (κ1) is 14.2. The molecular weight excluding hydrogens is 244 g/mol. The molecule has 2 rings (SSSR count). The number of ether oxygens (including phenoxy) is 2. The summed E-state index contributed by atoms with van der Waals surface area (Å²) in [5.41, 5.74) is 11.9. The normalized spacial score (nSPS) is 34.9. The number of rotatable bonds is 4. The maximum absolute atomic E-state index is 10.9. The van der Waals surface area contributed by atoms with Gasteiger partial charge in [0.15, 0.2) is 0 Å². The lowest BCUT2D eigenvalue weighted by atomic mass is 9.77. The minimum atomic E-state index is -0.698. The zero-order valence-corrected chi connectivity index (χ0v) is 11.5. The third-order valence-electron chi connectivity index (χ3n) is 4.36. The van der Waals surface area contributed by atoms with Crippen LogP contribution in [-0.2, 0) is 9.47 Å². The van der Waals surface area contributed by atoms with Crippen LogP contribution in [-0.4, -0.2) is 24.9 Å². The molecular formula is C14H24N2O3. The van der Waals surface area contributed by atoms with Gasteiger partial charge in [0.05, 0.1) is 12.7 Å². The van der Waals surface area contributed by atoms with Gasteiger partial charge in [-0.1, -0.05) is 6.08 Å². The molecule has 0 bridgehead atoms. The molecule has 1 aliphatic heterocycles. The summed E-state index contributed by atoms with van der Waals surface area (Å²) in [4.78, 5) is 10.9. The summed E-state index contributed by atoms with van der Waals surface area (Å²) in [6.07, 6.45) is 6.13. The summed E-state index contributed by atoms with van der Waals surface area (Å²) < 4.78 is 11.0. The molecule has 1 heterocycles. The fraction of sp³-hybridized carbons (Fsp3) is 0.786. The number of amides is 1. The highest BCUT2D eigenvalue weighted by atomic mass is 16.6. The van der Waals surface area contributed by atoms with Crippen molar-refractivity contribution in [2.45, 2.75) is 51.2 Å². The van der Waals surface area contributed by atoms with Crippen LogP contribution in [0.4, 0.5) is 4.79 Å². The van der Waals surface area contributed by atoms with Crippen LogP contribution in [0.1, 0.15) is 39.0 Å². The summed E-state index contributed by atoms with van der Waals surface area (Å²) in [6.45, 7) is 2.70. The monoisotopic (exact) mass is 268 g/mol. The number of allylic oxidation sites excluding steroid dienone is 2. The summed E-state index contributed by atoms with van der Waals surface area (Å²) in [7, 11) is 0. The fourth-order valence-electron chi connectivity index (χ4n) is 3.32. The Morgan fingerprint density at radius 2 is 2.21 bits per heavy atom. The van der Waals surface area contributed by atoms with Crippen LogP contribution < -0.4 is 11.5 Å². The third kappa shape index (κ3) is 3.41. The van der Waals surface area contributed by atoms with E-state index in [9.17, 15) is 4.79 Å². The van der Waals surface area contributed by atoms with Gasteiger partial charge in [0.2, 0.25) is 0 Å². The second-order valence-electron chi connectivity index (χ2n) is 5.53. The molecule has 1 saturated heterocycles. The van der Waals surface area contributed by atoms with Crippen LogP contribution in [0.15, 0.2) is 11.8 Å². The van der Waals surface area contributed by atoms with Crippen LogP contribution >= 0.6 is 0 Å². The lowest BCUT2D eigenvalue weighted by Gasteiger charge is -2.33. The standard InChI is InChI=1S/C14H24N2O3/c1-2-10(15)7-6-9-8-18-13-11(9)4-3-5-12(13)19-14(16)17/h2,9,11-13H,3-8,15H2,1H3,(H2,16,17)/t9-,11-,12-,13+/m1/s1. The molecule has 0 unspecified atom stereocenters. The minimum absolute atomic E-state index is 0.0260. The van der Waals surface area contributed by atoms with Crippen molar-refractivity contribution >= 4 is 6.09 Å². The Hall–Kier alpha value is -1.23. The van der Waals surface area contributed by atoms with Gasteiger partial charge < -0.3 is 20.9 Å². The van der Waals surface area contributed by atoms with E-state index < -0.39 is 6.09 Å². The first-order chi connectivity index (χ1) is 9.11. The van der Waals surface area contributed by atoms with Crippen LogP contribution in [0.2, 0.25) is 0 Å². The van der Waals surface area contributed by atoms with E-state index in [2.05, 4.69) is 0 Å². The molecule has 108 valence electrons. The molecule has 4 atom stereocenters. The number of fused-ring (bicyclic) bond motifs is 1. The van der Waals surface area contributed by atoms with Gasteiger partial charge in [-0.05, 0) is 50.9 Å². The van der Waals surface area contributed by atoms with E-state index in [0.29, 0.717) is 11.8 Å². The number of carbonyl (C=O) groups is 1. The Labute approximate surface area is 114 Å². The Morgan fingerprint density at radius 1 is 1.42 bits per heavy atom. The van der Waals surface area contributed by atoms with Gasteiger partial charge in [-0.25, -0.2) is 4.79 Å². The Morgan fingerprint density at radius 3 is 2.89 bits per heavy atom. The molecule has 0 radical (unpaired) electrons.